The summed E-state index contributed by atoms with van der Waals surface area (Å²) in [5.74, 6) is 0.506. The van der Waals surface area contributed by atoms with Gasteiger partial charge in [-0.1, -0.05) is 18.2 Å². The first kappa shape index (κ1) is 13.8. The van der Waals surface area contributed by atoms with Crippen LogP contribution in [0.25, 0.3) is 18.2 Å². The Hall–Kier alpha value is -2.79. The Bertz CT molecular complexity index is 1100. The van der Waals surface area contributed by atoms with Crippen molar-refractivity contribution in [1.82, 2.24) is 0 Å². The van der Waals surface area contributed by atoms with E-state index in [0.29, 0.717) is 5.76 Å². The van der Waals surface area contributed by atoms with Crippen molar-refractivity contribution in [2.24, 2.45) is 0 Å². The molecule has 2 aromatic rings. The molecular formula is C18H12O4S. The zero-order valence-corrected chi connectivity index (χ0v) is 13.0. The molecule has 0 saturated carbocycles. The third-order valence-electron chi connectivity index (χ3n) is 3.81. The Morgan fingerprint density at radius 1 is 1.35 bits per heavy atom. The molecule has 0 unspecified atom stereocenters. The van der Waals surface area contributed by atoms with E-state index in [0.717, 1.165) is 30.8 Å². The van der Waals surface area contributed by atoms with E-state index < -0.39 is 5.97 Å². The van der Waals surface area contributed by atoms with E-state index in [1.807, 2.05) is 30.4 Å². The fourth-order valence-electron chi connectivity index (χ4n) is 2.68. The second-order valence-corrected chi connectivity index (χ2v) is 6.21. The number of benzene rings is 1. The second-order valence-electron chi connectivity index (χ2n) is 5.16. The minimum atomic E-state index is -0.931. The van der Waals surface area contributed by atoms with Crippen LogP contribution < -0.4 is 14.5 Å². The molecule has 0 saturated heterocycles. The highest BCUT2D eigenvalue weighted by atomic mass is 32.1. The van der Waals surface area contributed by atoms with Crippen LogP contribution in [0.1, 0.15) is 15.9 Å². The van der Waals surface area contributed by atoms with E-state index in [2.05, 4.69) is 0 Å². The number of methoxy groups -OCH3 is 1. The third-order valence-corrected chi connectivity index (χ3v) is 4.98. The number of rotatable bonds is 2. The molecule has 1 aliphatic carbocycles. The Morgan fingerprint density at radius 2 is 2.22 bits per heavy atom. The highest BCUT2D eigenvalue weighted by Crippen LogP contribution is 2.26. The zero-order chi connectivity index (χ0) is 16.0. The smallest absolute Gasteiger partial charge is 0.335 e. The molecule has 0 amide bonds. The SMILES string of the molecule is COC1=COc2c3c(sc2=C1)=c1cc(C(=O)O)ccc1=CC=C3. The number of hydrogen-bond donors (Lipinski definition) is 1. The highest BCUT2D eigenvalue weighted by molar-refractivity contribution is 7.08. The molecule has 0 fully saturated rings. The molecular weight excluding hydrogens is 312 g/mol. The standard InChI is InChI=1S/C18H12O4S/c1-21-12-8-15-16(22-9-12)13-4-2-3-10-5-6-11(18(19)20)7-14(10)17(13)23-15/h2-9H,1H3,(H,19,20). The molecule has 4 nitrogen and oxygen atoms in total. The van der Waals surface area contributed by atoms with Gasteiger partial charge in [-0.2, -0.15) is 0 Å². The van der Waals surface area contributed by atoms with Crippen LogP contribution in [-0.2, 0) is 4.74 Å². The van der Waals surface area contributed by atoms with E-state index in [-0.39, 0.29) is 5.56 Å². The summed E-state index contributed by atoms with van der Waals surface area (Å²) in [6.45, 7) is 0. The Labute approximate surface area is 135 Å². The molecule has 4 rings (SSSR count). The molecule has 0 radical (unpaired) electrons. The first-order chi connectivity index (χ1) is 11.2. The molecule has 2 aliphatic rings. The van der Waals surface area contributed by atoms with Crippen LogP contribution in [-0.4, -0.2) is 18.2 Å². The predicted octanol–water partition coefficient (Wildman–Crippen LogP) is 2.20. The fourth-order valence-corrected chi connectivity index (χ4v) is 3.88. The van der Waals surface area contributed by atoms with Gasteiger partial charge in [0.1, 0.15) is 6.26 Å². The number of carboxylic acids is 1. The zero-order valence-electron chi connectivity index (χ0n) is 12.2. The fraction of sp³-hybridized carbons (Fsp3) is 0.0556. The van der Waals surface area contributed by atoms with Crippen molar-refractivity contribution in [1.29, 1.82) is 0 Å². The summed E-state index contributed by atoms with van der Waals surface area (Å²) in [6.07, 6.45) is 9.42. The van der Waals surface area contributed by atoms with Crippen molar-refractivity contribution < 1.29 is 19.4 Å². The minimum absolute atomic E-state index is 0.275. The lowest BCUT2D eigenvalue weighted by Crippen LogP contribution is -2.06. The summed E-state index contributed by atoms with van der Waals surface area (Å²) in [6, 6.07) is 5.17. The number of hydrogen-bond acceptors (Lipinski definition) is 4. The largest absolute Gasteiger partial charge is 0.493 e. The number of fused-ring (bicyclic) bond motifs is 4. The van der Waals surface area contributed by atoms with Gasteiger partial charge in [0.25, 0.3) is 0 Å². The average molecular weight is 324 g/mol. The number of carboxylic acid groups (broad SMARTS) is 1. The van der Waals surface area contributed by atoms with Crippen LogP contribution in [0.15, 0.2) is 36.3 Å². The van der Waals surface area contributed by atoms with Gasteiger partial charge in [0.15, 0.2) is 11.5 Å². The molecule has 114 valence electrons. The number of ether oxygens (including phenoxy) is 2. The second kappa shape index (κ2) is 5.14. The summed E-state index contributed by atoms with van der Waals surface area (Å²) in [5, 5.41) is 11.1. The number of aromatic carboxylic acids is 1. The van der Waals surface area contributed by atoms with Gasteiger partial charge < -0.3 is 14.6 Å². The number of carbonyl (C=O) groups is 1. The predicted molar refractivity (Wildman–Crippen MR) is 88.3 cm³/mol. The quantitative estimate of drug-likeness (QED) is 0.920. The minimum Gasteiger partial charge on any atom is -0.493 e. The lowest BCUT2D eigenvalue weighted by molar-refractivity contribution is 0.0697. The van der Waals surface area contributed by atoms with E-state index in [4.69, 9.17) is 9.47 Å². The summed E-state index contributed by atoms with van der Waals surface area (Å²) >= 11 is 1.57. The van der Waals surface area contributed by atoms with Crippen molar-refractivity contribution in [3.63, 3.8) is 0 Å². The lowest BCUT2D eigenvalue weighted by atomic mass is 10.1. The van der Waals surface area contributed by atoms with Gasteiger partial charge >= 0.3 is 5.97 Å². The van der Waals surface area contributed by atoms with Gasteiger partial charge in [-0.05, 0) is 23.4 Å². The first-order valence-corrected chi connectivity index (χ1v) is 7.80. The summed E-state index contributed by atoms with van der Waals surface area (Å²) in [7, 11) is 1.60. The monoisotopic (exact) mass is 324 g/mol. The van der Waals surface area contributed by atoms with Crippen LogP contribution in [0.2, 0.25) is 0 Å². The Balaban J connectivity index is 2.15. The maximum Gasteiger partial charge on any atom is 0.335 e. The molecule has 23 heavy (non-hydrogen) atoms. The van der Waals surface area contributed by atoms with Gasteiger partial charge in [-0.15, -0.1) is 11.3 Å². The molecule has 0 bridgehead atoms. The molecule has 1 aliphatic heterocycles. The number of allylic oxidation sites excluding steroid dienone is 2. The van der Waals surface area contributed by atoms with E-state index in [1.165, 1.54) is 0 Å². The molecule has 2 heterocycles. The topological polar surface area (TPSA) is 55.8 Å². The van der Waals surface area contributed by atoms with Gasteiger partial charge in [-0.25, -0.2) is 4.79 Å². The maximum absolute atomic E-state index is 11.3. The average Bonchev–Trinajstić information content (AvgIpc) is 2.82. The normalized spacial score (nSPS) is 14.0. The van der Waals surface area contributed by atoms with Crippen molar-refractivity contribution in [2.75, 3.05) is 7.11 Å². The van der Waals surface area contributed by atoms with Crippen molar-refractivity contribution in [3.8, 4) is 5.75 Å². The van der Waals surface area contributed by atoms with Crippen molar-refractivity contribution >= 4 is 35.5 Å². The lowest BCUT2D eigenvalue weighted by Gasteiger charge is -2.07. The molecule has 1 N–H and O–H groups in total. The first-order valence-electron chi connectivity index (χ1n) is 6.99. The van der Waals surface area contributed by atoms with Crippen LogP contribution in [0.5, 0.6) is 5.75 Å². The van der Waals surface area contributed by atoms with Gasteiger partial charge in [-0.3, -0.25) is 0 Å². The molecule has 5 heteroatoms. The van der Waals surface area contributed by atoms with E-state index >= 15 is 0 Å². The summed E-state index contributed by atoms with van der Waals surface area (Å²) in [4.78, 5) is 11.3. The van der Waals surface area contributed by atoms with Crippen molar-refractivity contribution in [2.45, 2.75) is 0 Å². The van der Waals surface area contributed by atoms with Crippen LogP contribution in [0.4, 0.5) is 0 Å². The molecule has 0 atom stereocenters. The van der Waals surface area contributed by atoms with Gasteiger partial charge in [0, 0.05) is 21.4 Å². The van der Waals surface area contributed by atoms with Gasteiger partial charge in [0.2, 0.25) is 0 Å². The third kappa shape index (κ3) is 2.17. The molecule has 1 aromatic carbocycles. The maximum atomic E-state index is 11.3. The highest BCUT2D eigenvalue weighted by Gasteiger charge is 2.15. The van der Waals surface area contributed by atoms with Crippen LogP contribution in [0, 0.1) is 9.75 Å². The molecule has 1 aromatic heterocycles. The summed E-state index contributed by atoms with van der Waals surface area (Å²) in [5.41, 5.74) is 1.24. The van der Waals surface area contributed by atoms with E-state index in [9.17, 15) is 9.90 Å². The Kier molecular flexibility index (Phi) is 3.09. The van der Waals surface area contributed by atoms with Crippen molar-refractivity contribution in [3.05, 3.63) is 66.9 Å². The Morgan fingerprint density at radius 3 is 3.00 bits per heavy atom. The van der Waals surface area contributed by atoms with E-state index in [1.54, 1.807) is 36.8 Å². The van der Waals surface area contributed by atoms with Crippen LogP contribution >= 0.6 is 11.3 Å². The number of thiophene rings is 1. The van der Waals surface area contributed by atoms with Gasteiger partial charge in [0.05, 0.1) is 17.2 Å². The molecule has 0 spiro atoms. The van der Waals surface area contributed by atoms with Crippen LogP contribution in [0.3, 0.4) is 0 Å². The summed E-state index contributed by atoms with van der Waals surface area (Å²) < 4.78 is 12.9.